The smallest absolute Gasteiger partial charge is 0.173 e. The van der Waals surface area contributed by atoms with E-state index in [4.69, 9.17) is 46.4 Å². The number of hydrogen-bond donors (Lipinski definition) is 0. The largest absolute Gasteiger partial charge is 0.256 e. The molecule has 0 saturated carbocycles. The zero-order valence-corrected chi connectivity index (χ0v) is 11.0. The molecule has 1 aromatic heterocycles. The van der Waals surface area contributed by atoms with E-state index < -0.39 is 9.17 Å². The summed E-state index contributed by atoms with van der Waals surface area (Å²) >= 11 is 23.9. The molecule has 0 spiro atoms. The van der Waals surface area contributed by atoms with Crippen LogP contribution in [0.25, 0.3) is 10.9 Å². The molecule has 0 unspecified atom stereocenters. The molecule has 0 aliphatic heterocycles. The van der Waals surface area contributed by atoms with Crippen molar-refractivity contribution in [1.29, 1.82) is 0 Å². The third-order valence-corrected chi connectivity index (χ3v) is 4.23. The van der Waals surface area contributed by atoms with Crippen LogP contribution < -0.4 is 0 Å². The van der Waals surface area contributed by atoms with Crippen LogP contribution in [0.5, 0.6) is 0 Å². The Balaban J connectivity index is 2.70. The van der Waals surface area contributed by atoms with Gasteiger partial charge in [-0.2, -0.15) is 0 Å². The van der Waals surface area contributed by atoms with Gasteiger partial charge < -0.3 is 0 Å². The molecule has 0 atom stereocenters. The first-order valence-electron chi connectivity index (χ1n) is 4.53. The van der Waals surface area contributed by atoms with Crippen molar-refractivity contribution in [2.45, 2.75) is 9.17 Å². The summed E-state index contributed by atoms with van der Waals surface area (Å²) in [6.45, 7) is 0. The van der Waals surface area contributed by atoms with Crippen molar-refractivity contribution in [2.24, 2.45) is 0 Å². The first-order valence-corrected chi connectivity index (χ1v) is 6.16. The highest BCUT2D eigenvalue weighted by Crippen LogP contribution is 2.44. The zero-order valence-electron chi connectivity index (χ0n) is 8.00. The lowest BCUT2D eigenvalue weighted by Gasteiger charge is -2.22. The van der Waals surface area contributed by atoms with Gasteiger partial charge in [0.1, 0.15) is 4.84 Å². The van der Waals surface area contributed by atoms with Crippen LogP contribution in [-0.4, -0.2) is 9.82 Å². The van der Waals surface area contributed by atoms with Crippen LogP contribution in [0.15, 0.2) is 36.5 Å². The highest BCUT2D eigenvalue weighted by molar-refractivity contribution is 6.59. The van der Waals surface area contributed by atoms with E-state index in [9.17, 15) is 0 Å². The summed E-state index contributed by atoms with van der Waals surface area (Å²) in [5, 5.41) is 0.848. The molecule has 0 aliphatic carbocycles. The van der Waals surface area contributed by atoms with Gasteiger partial charge in [0, 0.05) is 17.1 Å². The lowest BCUT2D eigenvalue weighted by molar-refractivity contribution is 0.942. The van der Waals surface area contributed by atoms with Crippen LogP contribution in [0.3, 0.4) is 0 Å². The van der Waals surface area contributed by atoms with Crippen LogP contribution >= 0.6 is 46.4 Å². The first-order chi connectivity index (χ1) is 7.53. The van der Waals surface area contributed by atoms with E-state index in [1.807, 2.05) is 24.3 Å². The number of pyridine rings is 1. The number of rotatable bonds is 2. The number of nitrogens with zero attached hydrogens (tertiary/aromatic N) is 1. The Labute approximate surface area is 113 Å². The Kier molecular flexibility index (Phi) is 3.50. The minimum absolute atomic E-state index is 0.663. The van der Waals surface area contributed by atoms with Crippen molar-refractivity contribution in [3.8, 4) is 0 Å². The molecule has 0 saturated heterocycles. The molecule has 0 aliphatic rings. The monoisotopic (exact) mass is 293 g/mol. The molecule has 0 bridgehead atoms. The van der Waals surface area contributed by atoms with E-state index in [-0.39, 0.29) is 0 Å². The molecule has 0 radical (unpaired) electrons. The number of benzene rings is 1. The molecule has 1 aromatic carbocycles. The van der Waals surface area contributed by atoms with E-state index in [1.165, 1.54) is 0 Å². The molecule has 2 rings (SSSR count). The summed E-state index contributed by atoms with van der Waals surface area (Å²) in [5.41, 5.74) is 1.47. The van der Waals surface area contributed by atoms with Crippen LogP contribution in [-0.2, 0) is 4.33 Å². The molecule has 0 fully saturated rings. The average molecular weight is 295 g/mol. The number of aromatic nitrogens is 1. The number of hydrogen-bond acceptors (Lipinski definition) is 1. The maximum absolute atomic E-state index is 6.15. The number of alkyl halides is 4. The molecule has 1 heterocycles. The second kappa shape index (κ2) is 4.58. The molecule has 1 nitrogen and oxygen atoms in total. The fourth-order valence-corrected chi connectivity index (χ4v) is 2.07. The van der Waals surface area contributed by atoms with Crippen molar-refractivity contribution >= 4 is 57.3 Å². The highest BCUT2D eigenvalue weighted by Gasteiger charge is 2.35. The molecule has 84 valence electrons. The maximum Gasteiger partial charge on any atom is 0.173 e. The zero-order chi connectivity index (χ0) is 11.8. The number of fused-ring (bicyclic) bond motifs is 1. The molecular weight excluding hydrogens is 288 g/mol. The summed E-state index contributed by atoms with van der Waals surface area (Å²) in [6.07, 6.45) is 1.63. The maximum atomic E-state index is 6.15. The molecule has 5 heteroatoms. The third-order valence-electron chi connectivity index (χ3n) is 2.28. The van der Waals surface area contributed by atoms with Gasteiger partial charge >= 0.3 is 0 Å². The van der Waals surface area contributed by atoms with E-state index in [0.29, 0.717) is 5.56 Å². The van der Waals surface area contributed by atoms with Crippen molar-refractivity contribution in [3.05, 3.63) is 42.1 Å². The molecular formula is C11H7Cl4N. The summed E-state index contributed by atoms with van der Waals surface area (Å²) in [7, 11) is 0. The summed E-state index contributed by atoms with van der Waals surface area (Å²) in [4.78, 5) is 3.30. The Morgan fingerprint density at radius 1 is 1.06 bits per heavy atom. The van der Waals surface area contributed by atoms with Crippen LogP contribution in [0.1, 0.15) is 5.56 Å². The Hall–Kier alpha value is -0.210. The predicted octanol–water partition coefficient (Wildman–Crippen LogP) is 4.67. The Morgan fingerprint density at radius 2 is 1.75 bits per heavy atom. The summed E-state index contributed by atoms with van der Waals surface area (Å²) < 4.78 is -1.34. The van der Waals surface area contributed by atoms with Gasteiger partial charge in [-0.05, 0) is 12.1 Å². The molecule has 2 aromatic rings. The average Bonchev–Trinajstić information content (AvgIpc) is 2.28. The lowest BCUT2D eigenvalue weighted by Crippen LogP contribution is -2.19. The van der Waals surface area contributed by atoms with E-state index >= 15 is 0 Å². The van der Waals surface area contributed by atoms with Crippen molar-refractivity contribution in [1.82, 2.24) is 4.98 Å². The molecule has 0 N–H and O–H groups in total. The number of halogens is 4. The SMILES string of the molecule is ClC(Cl)C(Cl)(Cl)c1ccnc2ccccc12. The Bertz CT molecular complexity index is 505. The van der Waals surface area contributed by atoms with Gasteiger partial charge in [0.25, 0.3) is 0 Å². The number of para-hydroxylation sites is 1. The summed E-state index contributed by atoms with van der Waals surface area (Å²) in [5.74, 6) is 0. The minimum atomic E-state index is -1.34. The second-order valence-corrected chi connectivity index (χ2v) is 5.78. The van der Waals surface area contributed by atoms with E-state index in [0.717, 1.165) is 10.9 Å². The lowest BCUT2D eigenvalue weighted by atomic mass is 10.1. The van der Waals surface area contributed by atoms with Crippen LogP contribution in [0.4, 0.5) is 0 Å². The molecule has 0 amide bonds. The topological polar surface area (TPSA) is 12.9 Å². The van der Waals surface area contributed by atoms with Crippen molar-refractivity contribution in [2.75, 3.05) is 0 Å². The van der Waals surface area contributed by atoms with Gasteiger partial charge in [0.2, 0.25) is 0 Å². The first kappa shape index (κ1) is 12.3. The van der Waals surface area contributed by atoms with Gasteiger partial charge in [0.15, 0.2) is 4.33 Å². The fraction of sp³-hybridized carbons (Fsp3) is 0.182. The van der Waals surface area contributed by atoms with Gasteiger partial charge in [-0.15, -0.1) is 23.2 Å². The van der Waals surface area contributed by atoms with Crippen LogP contribution in [0, 0.1) is 0 Å². The normalized spacial score (nSPS) is 12.3. The third kappa shape index (κ3) is 2.10. The summed E-state index contributed by atoms with van der Waals surface area (Å²) in [6, 6.07) is 9.25. The molecule has 16 heavy (non-hydrogen) atoms. The van der Waals surface area contributed by atoms with E-state index in [1.54, 1.807) is 12.3 Å². The van der Waals surface area contributed by atoms with Gasteiger partial charge in [-0.3, -0.25) is 4.98 Å². The second-order valence-electron chi connectivity index (χ2n) is 3.30. The van der Waals surface area contributed by atoms with Gasteiger partial charge in [0.05, 0.1) is 5.52 Å². The van der Waals surface area contributed by atoms with E-state index in [2.05, 4.69) is 4.98 Å². The van der Waals surface area contributed by atoms with Gasteiger partial charge in [-0.1, -0.05) is 41.4 Å². The van der Waals surface area contributed by atoms with Crippen LogP contribution in [0.2, 0.25) is 0 Å². The standard InChI is InChI=1S/C11H7Cl4N/c12-10(13)11(14,15)8-5-6-16-9-4-2-1-3-7(8)9/h1-6,10H. The van der Waals surface area contributed by atoms with Crippen molar-refractivity contribution in [3.63, 3.8) is 0 Å². The quantitative estimate of drug-likeness (QED) is 0.734. The highest BCUT2D eigenvalue weighted by atomic mass is 35.5. The van der Waals surface area contributed by atoms with Crippen molar-refractivity contribution < 1.29 is 0 Å². The fourth-order valence-electron chi connectivity index (χ4n) is 1.50. The Morgan fingerprint density at radius 3 is 2.44 bits per heavy atom. The van der Waals surface area contributed by atoms with Gasteiger partial charge in [-0.25, -0.2) is 0 Å². The predicted molar refractivity (Wildman–Crippen MR) is 70.6 cm³/mol. The minimum Gasteiger partial charge on any atom is -0.256 e.